The fourth-order valence-electron chi connectivity index (χ4n) is 0.979. The maximum atomic E-state index is 9.56. The number of nitrogens with two attached hydrogens (primary N) is 1. The van der Waals surface area contributed by atoms with Crippen LogP contribution in [-0.2, 0) is 0 Å². The van der Waals surface area contributed by atoms with E-state index in [-0.39, 0.29) is 22.4 Å². The molecule has 1 rings (SSSR count). The van der Waals surface area contributed by atoms with E-state index in [1.165, 1.54) is 0 Å². The molecule has 76 valence electrons. The fourth-order valence-corrected chi connectivity index (χ4v) is 1.33. The minimum atomic E-state index is -1.20. The number of halogens is 1. The Morgan fingerprint density at radius 1 is 1.64 bits per heavy atom. The highest BCUT2D eigenvalue weighted by molar-refractivity contribution is 9.09. The molecule has 1 aromatic heterocycles. The van der Waals surface area contributed by atoms with Gasteiger partial charge in [0.05, 0.1) is 11.8 Å². The number of nitrogen functional groups attached to an aromatic ring is 1. The van der Waals surface area contributed by atoms with E-state index in [2.05, 4.69) is 26.1 Å². The van der Waals surface area contributed by atoms with Gasteiger partial charge in [0.25, 0.3) is 0 Å². The zero-order chi connectivity index (χ0) is 10.7. The molecule has 0 spiro atoms. The largest absolute Gasteiger partial charge is 0.389 e. The molecule has 6 nitrogen and oxygen atoms in total. The Bertz CT molecular complexity index is 359. The highest BCUT2D eigenvalue weighted by Crippen LogP contribution is 2.22. The molecule has 2 unspecified atom stereocenters. The molecule has 0 saturated heterocycles. The maximum Gasteiger partial charge on any atom is 0.163 e. The monoisotopic (exact) mass is 260 g/mol. The summed E-state index contributed by atoms with van der Waals surface area (Å²) >= 11 is 3.01. The first-order valence-electron chi connectivity index (χ1n) is 3.77. The first-order valence-corrected chi connectivity index (χ1v) is 4.89. The Hall–Kier alpha value is -1.10. The quantitative estimate of drug-likeness (QED) is 0.554. The van der Waals surface area contributed by atoms with E-state index >= 15 is 0 Å². The van der Waals surface area contributed by atoms with E-state index in [4.69, 9.17) is 11.0 Å². The number of rotatable bonds is 3. The molecule has 0 aliphatic rings. The molecule has 0 amide bonds. The van der Waals surface area contributed by atoms with E-state index < -0.39 is 12.2 Å². The van der Waals surface area contributed by atoms with Crippen LogP contribution in [0.15, 0.2) is 0 Å². The summed E-state index contributed by atoms with van der Waals surface area (Å²) in [5, 5.41) is 33.7. The average Bonchev–Trinajstić information content (AvgIpc) is 2.57. The van der Waals surface area contributed by atoms with E-state index in [1.807, 2.05) is 0 Å². The maximum absolute atomic E-state index is 9.56. The molecule has 0 fully saturated rings. The third-order valence-corrected chi connectivity index (χ3v) is 2.42. The number of aromatic amines is 1. The number of aliphatic hydroxyl groups excluding tert-OH is 2. The highest BCUT2D eigenvalue weighted by atomic mass is 79.9. The van der Waals surface area contributed by atoms with Gasteiger partial charge in [-0.25, -0.2) is 0 Å². The van der Waals surface area contributed by atoms with Crippen LogP contribution in [0.25, 0.3) is 0 Å². The van der Waals surface area contributed by atoms with Gasteiger partial charge in [0.2, 0.25) is 0 Å². The summed E-state index contributed by atoms with van der Waals surface area (Å²) in [4.78, 5) is 0. The molecule has 1 heterocycles. The molecule has 0 saturated carbocycles. The number of nitrogens with zero attached hydrogens (tertiary/aromatic N) is 2. The molecule has 0 bridgehead atoms. The zero-order valence-electron chi connectivity index (χ0n) is 7.11. The molecule has 7 heteroatoms. The van der Waals surface area contributed by atoms with Crippen LogP contribution in [-0.4, -0.2) is 31.8 Å². The Balaban J connectivity index is 3.02. The molecule has 14 heavy (non-hydrogen) atoms. The van der Waals surface area contributed by atoms with Crippen molar-refractivity contribution in [1.82, 2.24) is 10.2 Å². The van der Waals surface area contributed by atoms with Crippen LogP contribution in [0.5, 0.6) is 0 Å². The summed E-state index contributed by atoms with van der Waals surface area (Å²) in [5.41, 5.74) is 5.57. The van der Waals surface area contributed by atoms with Gasteiger partial charge in [0.15, 0.2) is 5.82 Å². The Morgan fingerprint density at radius 3 is 2.79 bits per heavy atom. The number of H-pyrrole nitrogens is 1. The van der Waals surface area contributed by atoms with E-state index in [0.29, 0.717) is 0 Å². The van der Waals surface area contributed by atoms with Gasteiger partial charge in [-0.15, -0.1) is 0 Å². The number of nitriles is 1. The molecule has 0 radical (unpaired) electrons. The summed E-state index contributed by atoms with van der Waals surface area (Å²) in [5.74, 6) is 0.0170. The van der Waals surface area contributed by atoms with Gasteiger partial charge >= 0.3 is 0 Å². The Kier molecular flexibility index (Phi) is 3.46. The van der Waals surface area contributed by atoms with E-state index in [1.54, 1.807) is 6.07 Å². The average molecular weight is 261 g/mol. The topological polar surface area (TPSA) is 119 Å². The van der Waals surface area contributed by atoms with Crippen molar-refractivity contribution in [2.75, 3.05) is 11.1 Å². The molecular formula is C7H9BrN4O2. The lowest BCUT2D eigenvalue weighted by atomic mass is 10.1. The lowest BCUT2D eigenvalue weighted by Gasteiger charge is -2.13. The zero-order valence-corrected chi connectivity index (χ0v) is 8.69. The van der Waals surface area contributed by atoms with Crippen molar-refractivity contribution >= 4 is 21.7 Å². The second-order valence-corrected chi connectivity index (χ2v) is 3.32. The molecule has 5 N–H and O–H groups in total. The number of aromatic nitrogens is 2. The smallest absolute Gasteiger partial charge is 0.163 e. The molecular weight excluding hydrogens is 252 g/mol. The van der Waals surface area contributed by atoms with Gasteiger partial charge in [-0.2, -0.15) is 10.4 Å². The summed E-state index contributed by atoms with van der Waals surface area (Å²) in [6.07, 6.45) is -2.21. The third-order valence-electron chi connectivity index (χ3n) is 1.75. The van der Waals surface area contributed by atoms with E-state index in [0.717, 1.165) is 0 Å². The lowest BCUT2D eigenvalue weighted by Crippen LogP contribution is -2.20. The van der Waals surface area contributed by atoms with Crippen LogP contribution >= 0.6 is 15.9 Å². The number of nitrogens with one attached hydrogen (secondary N) is 1. The predicted octanol–water partition coefficient (Wildman–Crippen LogP) is -0.347. The Morgan fingerprint density at radius 2 is 2.29 bits per heavy atom. The number of alkyl halides is 1. The van der Waals surface area contributed by atoms with Crippen LogP contribution in [0.3, 0.4) is 0 Å². The van der Waals surface area contributed by atoms with Crippen molar-refractivity contribution in [2.45, 2.75) is 12.2 Å². The van der Waals surface area contributed by atoms with Crippen molar-refractivity contribution < 1.29 is 10.2 Å². The van der Waals surface area contributed by atoms with Crippen LogP contribution in [0, 0.1) is 11.3 Å². The summed E-state index contributed by atoms with van der Waals surface area (Å²) < 4.78 is 0. The molecule has 0 aromatic carbocycles. The molecule has 2 atom stereocenters. The van der Waals surface area contributed by atoms with Gasteiger partial charge in [-0.1, -0.05) is 15.9 Å². The van der Waals surface area contributed by atoms with Gasteiger partial charge in [0, 0.05) is 5.33 Å². The fraction of sp³-hybridized carbons (Fsp3) is 0.429. The van der Waals surface area contributed by atoms with Crippen LogP contribution in [0.1, 0.15) is 17.4 Å². The van der Waals surface area contributed by atoms with Gasteiger partial charge in [-0.05, 0) is 0 Å². The SMILES string of the molecule is N#Cc1c(N)n[nH]c1C(O)C(O)CBr. The lowest BCUT2D eigenvalue weighted by molar-refractivity contribution is 0.0313. The number of hydrogen-bond acceptors (Lipinski definition) is 5. The summed E-state index contributed by atoms with van der Waals surface area (Å²) in [7, 11) is 0. The molecule has 0 aliphatic heterocycles. The van der Waals surface area contributed by atoms with E-state index in [9.17, 15) is 10.2 Å². The van der Waals surface area contributed by atoms with Crippen molar-refractivity contribution in [3.05, 3.63) is 11.3 Å². The minimum Gasteiger partial charge on any atom is -0.389 e. The number of hydrogen-bond donors (Lipinski definition) is 4. The molecule has 0 aliphatic carbocycles. The normalized spacial score (nSPS) is 14.7. The van der Waals surface area contributed by atoms with Gasteiger partial charge in [-0.3, -0.25) is 5.10 Å². The van der Waals surface area contributed by atoms with Crippen molar-refractivity contribution in [1.29, 1.82) is 5.26 Å². The van der Waals surface area contributed by atoms with Crippen LogP contribution in [0.2, 0.25) is 0 Å². The summed E-state index contributed by atoms with van der Waals surface area (Å²) in [6, 6.07) is 1.80. The van der Waals surface area contributed by atoms with Gasteiger partial charge < -0.3 is 15.9 Å². The second-order valence-electron chi connectivity index (χ2n) is 2.68. The minimum absolute atomic E-state index is 0.0170. The van der Waals surface area contributed by atoms with Crippen LogP contribution in [0.4, 0.5) is 5.82 Å². The highest BCUT2D eigenvalue weighted by Gasteiger charge is 2.23. The first-order chi connectivity index (χ1) is 6.61. The van der Waals surface area contributed by atoms with Crippen LogP contribution < -0.4 is 5.73 Å². The number of aliphatic hydroxyl groups is 2. The molecule has 1 aromatic rings. The third kappa shape index (κ3) is 1.87. The Labute approximate surface area is 88.5 Å². The van der Waals surface area contributed by atoms with Crippen molar-refractivity contribution in [2.24, 2.45) is 0 Å². The standard InChI is InChI=1S/C7H9BrN4O2/c8-1-4(13)6(14)5-3(2-9)7(10)12-11-5/h4,6,13-14H,1H2,(H3,10,11,12). The van der Waals surface area contributed by atoms with Crippen molar-refractivity contribution in [3.63, 3.8) is 0 Å². The number of anilines is 1. The second kappa shape index (κ2) is 4.41. The van der Waals surface area contributed by atoms with Crippen molar-refractivity contribution in [3.8, 4) is 6.07 Å². The summed E-state index contributed by atoms with van der Waals surface area (Å²) in [6.45, 7) is 0. The van der Waals surface area contributed by atoms with Gasteiger partial charge in [0.1, 0.15) is 17.7 Å². The predicted molar refractivity (Wildman–Crippen MR) is 52.5 cm³/mol. The first kappa shape index (κ1) is 11.0.